The molecule has 2 aromatic rings. The number of aromatic nitrogens is 1. The maximum absolute atomic E-state index is 12.2. The second-order valence-corrected chi connectivity index (χ2v) is 7.22. The summed E-state index contributed by atoms with van der Waals surface area (Å²) in [5.74, 6) is -0.130. The van der Waals surface area contributed by atoms with Gasteiger partial charge in [-0.05, 0) is 23.8 Å². The van der Waals surface area contributed by atoms with Crippen molar-refractivity contribution in [1.29, 1.82) is 0 Å². The van der Waals surface area contributed by atoms with Crippen LogP contribution in [0, 0.1) is 5.41 Å². The summed E-state index contributed by atoms with van der Waals surface area (Å²) in [6, 6.07) is 10.1. The number of fused-ring (bicyclic) bond motifs is 1. The van der Waals surface area contributed by atoms with Gasteiger partial charge in [0.1, 0.15) is 12.6 Å². The first-order chi connectivity index (χ1) is 10.8. The van der Waals surface area contributed by atoms with Crippen LogP contribution in [0.25, 0.3) is 0 Å². The summed E-state index contributed by atoms with van der Waals surface area (Å²) in [5, 5.41) is 6.60. The lowest BCUT2D eigenvalue weighted by molar-refractivity contribution is -0.147. The number of nitrogens with zero attached hydrogens (tertiary/aromatic N) is 1. The molecule has 23 heavy (non-hydrogen) atoms. The van der Waals surface area contributed by atoms with Gasteiger partial charge in [0.25, 0.3) is 0 Å². The molecule has 1 aliphatic heterocycles. The molecule has 0 spiro atoms. The van der Waals surface area contributed by atoms with Gasteiger partial charge in [-0.3, -0.25) is 4.79 Å². The largest absolute Gasteiger partial charge is 0.460 e. The number of ether oxygens (including phenoxy) is 1. The van der Waals surface area contributed by atoms with Crippen molar-refractivity contribution in [3.05, 3.63) is 52.5 Å². The molecular weight excluding hydrogens is 332 g/mol. The summed E-state index contributed by atoms with van der Waals surface area (Å²) < 4.78 is 5.45. The summed E-state index contributed by atoms with van der Waals surface area (Å²) >= 11 is 1.70. The molecule has 0 amide bonds. The zero-order valence-corrected chi connectivity index (χ0v) is 14.2. The van der Waals surface area contributed by atoms with E-state index in [9.17, 15) is 4.79 Å². The van der Waals surface area contributed by atoms with E-state index in [0.29, 0.717) is 12.6 Å². The molecule has 1 saturated heterocycles. The van der Waals surface area contributed by atoms with E-state index in [1.54, 1.807) is 11.3 Å². The predicted octanol–water partition coefficient (Wildman–Crippen LogP) is 2.97. The number of carbonyl (C=O) groups is 1. The first-order valence-electron chi connectivity index (χ1n) is 7.60. The van der Waals surface area contributed by atoms with Crippen molar-refractivity contribution >= 4 is 29.7 Å². The molecule has 4 rings (SSSR count). The van der Waals surface area contributed by atoms with Crippen LogP contribution in [0.5, 0.6) is 0 Å². The summed E-state index contributed by atoms with van der Waals surface area (Å²) in [4.78, 5) is 16.6. The molecule has 3 atom stereocenters. The highest BCUT2D eigenvalue weighted by Crippen LogP contribution is 2.56. The van der Waals surface area contributed by atoms with Crippen LogP contribution >= 0.6 is 23.7 Å². The number of esters is 1. The number of nitrogens with one attached hydrogen (secondary N) is 1. The summed E-state index contributed by atoms with van der Waals surface area (Å²) in [5.41, 5.74) is 1.25. The van der Waals surface area contributed by atoms with Gasteiger partial charge < -0.3 is 10.1 Å². The average Bonchev–Trinajstić information content (AvgIpc) is 2.92. The molecule has 1 saturated carbocycles. The highest BCUT2D eigenvalue weighted by molar-refractivity contribution is 7.09. The predicted molar refractivity (Wildman–Crippen MR) is 91.7 cm³/mol. The van der Waals surface area contributed by atoms with E-state index in [1.807, 2.05) is 41.9 Å². The van der Waals surface area contributed by atoms with Crippen molar-refractivity contribution in [1.82, 2.24) is 10.3 Å². The fourth-order valence-corrected chi connectivity index (χ4v) is 4.18. The van der Waals surface area contributed by atoms with Crippen LogP contribution in [0.4, 0.5) is 0 Å². The molecule has 0 bridgehead atoms. The van der Waals surface area contributed by atoms with Crippen molar-refractivity contribution < 1.29 is 9.53 Å². The number of hydrogen-bond donors (Lipinski definition) is 1. The molecular formula is C17H19ClN2O2S. The molecule has 2 aliphatic rings. The Morgan fingerprint density at radius 2 is 2.17 bits per heavy atom. The van der Waals surface area contributed by atoms with E-state index in [4.69, 9.17) is 4.74 Å². The lowest BCUT2D eigenvalue weighted by Crippen LogP contribution is -2.35. The topological polar surface area (TPSA) is 51.2 Å². The van der Waals surface area contributed by atoms with Crippen molar-refractivity contribution in [2.75, 3.05) is 0 Å². The SMILES string of the molecule is Cl.O=C(OCc1ccccc1)[C@@H]1C[C@]2(Cc3nccs3)C[C@@H]2N1. The highest BCUT2D eigenvalue weighted by atomic mass is 35.5. The smallest absolute Gasteiger partial charge is 0.323 e. The molecule has 1 aromatic heterocycles. The van der Waals surface area contributed by atoms with Gasteiger partial charge in [0.15, 0.2) is 0 Å². The molecule has 1 N–H and O–H groups in total. The van der Waals surface area contributed by atoms with Crippen molar-refractivity contribution in [3.8, 4) is 0 Å². The Balaban J connectivity index is 0.00000156. The number of thiazole rings is 1. The van der Waals surface area contributed by atoms with E-state index in [2.05, 4.69) is 10.3 Å². The van der Waals surface area contributed by atoms with Gasteiger partial charge in [0, 0.05) is 24.0 Å². The Hall–Kier alpha value is -1.43. The number of halogens is 1. The Bertz CT molecular complexity index is 664. The standard InChI is InChI=1S/C17H18N2O2S.ClH/c20-16(21-11-12-4-2-1-3-5-12)13-8-17(9-14(17)19-13)10-15-18-6-7-22-15;/h1-7,13-14,19H,8-11H2;1H/t13-,14-,17+;/m0./s1. The Labute approximate surface area is 145 Å². The van der Waals surface area contributed by atoms with E-state index in [0.717, 1.165) is 24.8 Å². The second-order valence-electron chi connectivity index (χ2n) is 6.24. The molecule has 4 nitrogen and oxygen atoms in total. The fraction of sp³-hybridized carbons (Fsp3) is 0.412. The maximum atomic E-state index is 12.2. The second kappa shape index (κ2) is 6.59. The maximum Gasteiger partial charge on any atom is 0.323 e. The van der Waals surface area contributed by atoms with E-state index in [1.165, 1.54) is 5.01 Å². The van der Waals surface area contributed by atoms with Crippen LogP contribution in [0.1, 0.15) is 23.4 Å². The molecule has 0 unspecified atom stereocenters. The molecule has 2 heterocycles. The first-order valence-corrected chi connectivity index (χ1v) is 8.48. The lowest BCUT2D eigenvalue weighted by Gasteiger charge is -2.15. The zero-order valence-electron chi connectivity index (χ0n) is 12.6. The Morgan fingerprint density at radius 1 is 1.35 bits per heavy atom. The van der Waals surface area contributed by atoms with Crippen LogP contribution in [-0.4, -0.2) is 23.0 Å². The van der Waals surface area contributed by atoms with Crippen LogP contribution in [0.15, 0.2) is 41.9 Å². The minimum absolute atomic E-state index is 0. The summed E-state index contributed by atoms with van der Waals surface area (Å²) in [7, 11) is 0. The van der Waals surface area contributed by atoms with Gasteiger partial charge >= 0.3 is 5.97 Å². The Morgan fingerprint density at radius 3 is 2.91 bits per heavy atom. The van der Waals surface area contributed by atoms with Gasteiger partial charge in [0.05, 0.1) is 5.01 Å². The molecule has 1 aromatic carbocycles. The minimum atomic E-state index is -0.164. The highest BCUT2D eigenvalue weighted by Gasteiger charge is 2.61. The van der Waals surface area contributed by atoms with Crippen molar-refractivity contribution in [3.63, 3.8) is 0 Å². The number of carbonyl (C=O) groups excluding carboxylic acids is 1. The molecule has 2 fully saturated rings. The van der Waals surface area contributed by atoms with Crippen LogP contribution in [0.3, 0.4) is 0 Å². The van der Waals surface area contributed by atoms with Gasteiger partial charge in [-0.25, -0.2) is 4.98 Å². The van der Waals surface area contributed by atoms with E-state index >= 15 is 0 Å². The molecule has 6 heteroatoms. The van der Waals surface area contributed by atoms with Gasteiger partial charge in [-0.1, -0.05) is 30.3 Å². The monoisotopic (exact) mass is 350 g/mol. The molecule has 122 valence electrons. The normalized spacial score (nSPS) is 27.8. The molecule has 0 radical (unpaired) electrons. The average molecular weight is 351 g/mol. The zero-order chi connectivity index (χ0) is 15.0. The van der Waals surface area contributed by atoms with Gasteiger partial charge in [-0.2, -0.15) is 0 Å². The number of benzene rings is 1. The fourth-order valence-electron chi connectivity index (χ4n) is 3.41. The summed E-state index contributed by atoms with van der Waals surface area (Å²) in [6.07, 6.45) is 4.84. The van der Waals surface area contributed by atoms with Crippen molar-refractivity contribution in [2.45, 2.75) is 38.0 Å². The van der Waals surface area contributed by atoms with Gasteiger partial charge in [-0.15, -0.1) is 23.7 Å². The van der Waals surface area contributed by atoms with Crippen LogP contribution < -0.4 is 5.32 Å². The third kappa shape index (κ3) is 3.42. The third-order valence-corrected chi connectivity index (χ3v) is 5.48. The number of piperidine rings is 1. The van der Waals surface area contributed by atoms with Crippen LogP contribution in [-0.2, 0) is 22.6 Å². The summed E-state index contributed by atoms with van der Waals surface area (Å²) in [6.45, 7) is 0.349. The number of rotatable bonds is 5. The Kier molecular flexibility index (Phi) is 4.71. The lowest BCUT2D eigenvalue weighted by atomic mass is 9.96. The quantitative estimate of drug-likeness (QED) is 0.842. The van der Waals surface area contributed by atoms with Crippen molar-refractivity contribution in [2.24, 2.45) is 5.41 Å². The van der Waals surface area contributed by atoms with Gasteiger partial charge in [0.2, 0.25) is 0 Å². The van der Waals surface area contributed by atoms with Crippen LogP contribution in [0.2, 0.25) is 0 Å². The van der Waals surface area contributed by atoms with E-state index in [-0.39, 0.29) is 29.8 Å². The first kappa shape index (κ1) is 16.4. The van der Waals surface area contributed by atoms with E-state index < -0.39 is 0 Å². The number of hydrogen-bond acceptors (Lipinski definition) is 5. The minimum Gasteiger partial charge on any atom is -0.460 e. The third-order valence-electron chi connectivity index (χ3n) is 4.70. The molecule has 1 aliphatic carbocycles.